The fourth-order valence-electron chi connectivity index (χ4n) is 3.10. The van der Waals surface area contributed by atoms with Crippen molar-refractivity contribution in [2.24, 2.45) is 11.8 Å². The quantitative estimate of drug-likeness (QED) is 0.482. The van der Waals surface area contributed by atoms with Gasteiger partial charge in [-0.3, -0.25) is 4.79 Å². The third-order valence-corrected chi connectivity index (χ3v) is 5.33. The van der Waals surface area contributed by atoms with Crippen LogP contribution in [0.15, 0.2) is 22.7 Å². The first kappa shape index (κ1) is 17.8. The largest absolute Gasteiger partial charge is 0.390 e. The van der Waals surface area contributed by atoms with Crippen LogP contribution in [0, 0.1) is 23.2 Å². The third-order valence-electron chi connectivity index (χ3n) is 4.64. The predicted molar refractivity (Wildman–Crippen MR) is 89.9 cm³/mol. The van der Waals surface area contributed by atoms with Gasteiger partial charge in [-0.25, -0.2) is 0 Å². The standard InChI is InChI=1S/C18H20BrNO3/c1-18(23)6-4-12(5-7-18)8-15(11-21)17(22)13-2-3-16(19)14(9-13)10-20/h2-3,9,11-12,15,23H,4-8H2,1H3. The van der Waals surface area contributed by atoms with Crippen molar-refractivity contribution in [1.82, 2.24) is 0 Å². The van der Waals surface area contributed by atoms with Crippen LogP contribution in [0.4, 0.5) is 0 Å². The Hall–Kier alpha value is -1.51. The van der Waals surface area contributed by atoms with E-state index in [4.69, 9.17) is 5.26 Å². The Morgan fingerprint density at radius 2 is 2.17 bits per heavy atom. The lowest BCUT2D eigenvalue weighted by atomic mass is 9.75. The number of nitriles is 1. The molecule has 2 rings (SSSR count). The van der Waals surface area contributed by atoms with Crippen molar-refractivity contribution >= 4 is 28.0 Å². The van der Waals surface area contributed by atoms with Gasteiger partial charge in [-0.1, -0.05) is 6.07 Å². The normalized spacial score (nSPS) is 25.4. The lowest BCUT2D eigenvalue weighted by molar-refractivity contribution is -0.110. The molecule has 0 spiro atoms. The van der Waals surface area contributed by atoms with E-state index in [9.17, 15) is 14.7 Å². The molecular weight excluding hydrogens is 358 g/mol. The number of Topliss-reactive ketones (excluding diaryl/α,β-unsaturated/α-hetero) is 1. The average molecular weight is 378 g/mol. The maximum atomic E-state index is 12.6. The summed E-state index contributed by atoms with van der Waals surface area (Å²) >= 11 is 3.26. The summed E-state index contributed by atoms with van der Waals surface area (Å²) in [6.45, 7) is 1.83. The van der Waals surface area contributed by atoms with Gasteiger partial charge in [-0.2, -0.15) is 5.26 Å². The molecule has 0 radical (unpaired) electrons. The fraction of sp³-hybridized carbons (Fsp3) is 0.500. The summed E-state index contributed by atoms with van der Waals surface area (Å²) < 4.78 is 0.633. The minimum Gasteiger partial charge on any atom is -0.390 e. The second kappa shape index (κ2) is 7.37. The summed E-state index contributed by atoms with van der Waals surface area (Å²) in [7, 11) is 0. The molecule has 0 saturated heterocycles. The summed E-state index contributed by atoms with van der Waals surface area (Å²) in [5.74, 6) is -0.641. The Labute approximate surface area is 144 Å². The molecule has 23 heavy (non-hydrogen) atoms. The van der Waals surface area contributed by atoms with Crippen LogP contribution in [0.5, 0.6) is 0 Å². The topological polar surface area (TPSA) is 78.2 Å². The highest BCUT2D eigenvalue weighted by Crippen LogP contribution is 2.35. The van der Waals surface area contributed by atoms with Crippen LogP contribution in [-0.2, 0) is 4.79 Å². The van der Waals surface area contributed by atoms with Crippen molar-refractivity contribution in [2.75, 3.05) is 0 Å². The van der Waals surface area contributed by atoms with Gasteiger partial charge in [-0.15, -0.1) is 0 Å². The van der Waals surface area contributed by atoms with Gasteiger partial charge in [0.25, 0.3) is 0 Å². The van der Waals surface area contributed by atoms with Crippen LogP contribution in [0.25, 0.3) is 0 Å². The molecule has 0 aromatic heterocycles. The molecule has 1 aliphatic rings. The molecular formula is C18H20BrNO3. The van der Waals surface area contributed by atoms with E-state index < -0.39 is 11.5 Å². The van der Waals surface area contributed by atoms with Gasteiger partial charge < -0.3 is 9.90 Å². The molecule has 1 aromatic carbocycles. The molecule has 0 aliphatic heterocycles. The Kier molecular flexibility index (Phi) is 5.72. The van der Waals surface area contributed by atoms with Crippen molar-refractivity contribution in [3.63, 3.8) is 0 Å². The number of halogens is 1. The number of ketones is 1. The van der Waals surface area contributed by atoms with E-state index >= 15 is 0 Å². The molecule has 1 aromatic rings. The minimum atomic E-state index is -0.684. The molecule has 122 valence electrons. The number of benzene rings is 1. The molecule has 1 fully saturated rings. The Balaban J connectivity index is 2.07. The van der Waals surface area contributed by atoms with Crippen LogP contribution in [0.2, 0.25) is 0 Å². The van der Waals surface area contributed by atoms with E-state index in [2.05, 4.69) is 15.9 Å². The van der Waals surface area contributed by atoms with Gasteiger partial charge >= 0.3 is 0 Å². The molecule has 0 heterocycles. The molecule has 4 nitrogen and oxygen atoms in total. The lowest BCUT2D eigenvalue weighted by Crippen LogP contribution is -2.32. The first-order valence-corrected chi connectivity index (χ1v) is 8.57. The highest BCUT2D eigenvalue weighted by Gasteiger charge is 2.31. The van der Waals surface area contributed by atoms with Crippen molar-refractivity contribution in [2.45, 2.75) is 44.6 Å². The van der Waals surface area contributed by atoms with Gasteiger partial charge in [0.2, 0.25) is 0 Å². The second-order valence-electron chi connectivity index (χ2n) is 6.59. The smallest absolute Gasteiger partial charge is 0.173 e. The van der Waals surface area contributed by atoms with Crippen LogP contribution >= 0.6 is 15.9 Å². The minimum absolute atomic E-state index is 0.235. The highest BCUT2D eigenvalue weighted by atomic mass is 79.9. The number of hydrogen-bond donors (Lipinski definition) is 1. The first-order chi connectivity index (χ1) is 10.9. The van der Waals surface area contributed by atoms with E-state index in [0.717, 1.165) is 12.8 Å². The molecule has 0 bridgehead atoms. The third kappa shape index (κ3) is 4.49. The fourth-order valence-corrected chi connectivity index (χ4v) is 3.43. The van der Waals surface area contributed by atoms with Gasteiger partial charge in [0.15, 0.2) is 5.78 Å². The molecule has 1 atom stereocenters. The zero-order chi connectivity index (χ0) is 17.0. The lowest BCUT2D eigenvalue weighted by Gasteiger charge is -2.33. The first-order valence-electron chi connectivity index (χ1n) is 7.78. The van der Waals surface area contributed by atoms with Crippen LogP contribution in [0.3, 0.4) is 0 Å². The van der Waals surface area contributed by atoms with E-state index in [1.54, 1.807) is 12.1 Å². The molecule has 5 heteroatoms. The molecule has 1 aliphatic carbocycles. The Morgan fingerprint density at radius 3 is 2.74 bits per heavy atom. The Bertz CT molecular complexity index is 638. The van der Waals surface area contributed by atoms with Crippen LogP contribution in [-0.4, -0.2) is 22.8 Å². The second-order valence-corrected chi connectivity index (χ2v) is 7.44. The molecule has 0 amide bonds. The predicted octanol–water partition coefficient (Wildman–Crippen LogP) is 3.65. The van der Waals surface area contributed by atoms with Crippen molar-refractivity contribution < 1.29 is 14.7 Å². The van der Waals surface area contributed by atoms with E-state index in [1.807, 2.05) is 13.0 Å². The summed E-state index contributed by atoms with van der Waals surface area (Å²) in [5.41, 5.74) is 0.156. The molecule has 1 N–H and O–H groups in total. The van der Waals surface area contributed by atoms with Gasteiger partial charge in [0.1, 0.15) is 12.4 Å². The number of nitrogens with zero attached hydrogens (tertiary/aromatic N) is 1. The number of carbonyl (C=O) groups excluding carboxylic acids is 2. The number of aliphatic hydroxyl groups is 1. The number of carbonyl (C=O) groups is 2. The summed E-state index contributed by atoms with van der Waals surface area (Å²) in [5, 5.41) is 19.0. The average Bonchev–Trinajstić information content (AvgIpc) is 2.54. The van der Waals surface area contributed by atoms with Crippen molar-refractivity contribution in [3.8, 4) is 6.07 Å². The maximum Gasteiger partial charge on any atom is 0.173 e. The van der Waals surface area contributed by atoms with E-state index in [1.165, 1.54) is 6.07 Å². The molecule has 1 saturated carbocycles. The van der Waals surface area contributed by atoms with Crippen molar-refractivity contribution in [3.05, 3.63) is 33.8 Å². The van der Waals surface area contributed by atoms with Crippen LogP contribution < -0.4 is 0 Å². The zero-order valence-corrected chi connectivity index (χ0v) is 14.7. The summed E-state index contributed by atoms with van der Waals surface area (Å²) in [4.78, 5) is 23.9. The van der Waals surface area contributed by atoms with Gasteiger partial charge in [0, 0.05) is 10.0 Å². The molecule has 1 unspecified atom stereocenters. The van der Waals surface area contributed by atoms with E-state index in [0.29, 0.717) is 41.1 Å². The number of aldehydes is 1. The number of rotatable bonds is 5. The Morgan fingerprint density at radius 1 is 1.52 bits per heavy atom. The van der Waals surface area contributed by atoms with E-state index in [-0.39, 0.29) is 11.7 Å². The monoisotopic (exact) mass is 377 g/mol. The van der Waals surface area contributed by atoms with Crippen LogP contribution in [0.1, 0.15) is 54.9 Å². The van der Waals surface area contributed by atoms with Gasteiger partial charge in [0.05, 0.1) is 17.1 Å². The van der Waals surface area contributed by atoms with Gasteiger partial charge in [-0.05, 0) is 73.0 Å². The maximum absolute atomic E-state index is 12.6. The SMILES string of the molecule is CC1(O)CCC(CC(C=O)C(=O)c2ccc(Br)c(C#N)c2)CC1. The highest BCUT2D eigenvalue weighted by molar-refractivity contribution is 9.10. The van der Waals surface area contributed by atoms with Crippen molar-refractivity contribution in [1.29, 1.82) is 5.26 Å². The number of hydrogen-bond acceptors (Lipinski definition) is 4. The zero-order valence-electron chi connectivity index (χ0n) is 13.1. The summed E-state index contributed by atoms with van der Waals surface area (Å²) in [6.07, 6.45) is 4.28. The summed E-state index contributed by atoms with van der Waals surface area (Å²) in [6, 6.07) is 6.84.